The van der Waals surface area contributed by atoms with E-state index in [1.807, 2.05) is 11.4 Å². The van der Waals surface area contributed by atoms with E-state index in [9.17, 15) is 4.79 Å². The molecular weight excluding hydrogens is 280 g/mol. The number of carboxylic acids is 1. The highest BCUT2D eigenvalue weighted by Crippen LogP contribution is 2.26. The Hall–Kier alpha value is -1.27. The molecule has 4 nitrogen and oxygen atoms in total. The van der Waals surface area contributed by atoms with Crippen LogP contribution in [0, 0.1) is 0 Å². The van der Waals surface area contributed by atoms with Gasteiger partial charge in [-0.25, -0.2) is 14.8 Å². The molecule has 2 heterocycles. The molecule has 0 saturated carbocycles. The van der Waals surface area contributed by atoms with Crippen LogP contribution in [0.3, 0.4) is 0 Å². The maximum absolute atomic E-state index is 10.6. The molecule has 0 aliphatic carbocycles. The van der Waals surface area contributed by atoms with Crippen molar-refractivity contribution in [3.63, 3.8) is 0 Å². The first-order valence-electron chi connectivity index (χ1n) is 3.96. The van der Waals surface area contributed by atoms with E-state index in [2.05, 4.69) is 25.9 Å². The lowest BCUT2D eigenvalue weighted by molar-refractivity contribution is 0.0696. The zero-order valence-corrected chi connectivity index (χ0v) is 9.75. The van der Waals surface area contributed by atoms with E-state index in [0.717, 1.165) is 9.35 Å². The third kappa shape index (κ3) is 2.21. The largest absolute Gasteiger partial charge is 0.478 e. The summed E-state index contributed by atoms with van der Waals surface area (Å²) in [5.74, 6) is -0.482. The predicted octanol–water partition coefficient (Wildman–Crippen LogP) is 2.67. The Balaban J connectivity index is 2.35. The van der Waals surface area contributed by atoms with Crippen LogP contribution in [0.25, 0.3) is 10.7 Å². The van der Waals surface area contributed by atoms with E-state index in [1.54, 1.807) is 0 Å². The fourth-order valence-electron chi connectivity index (χ4n) is 0.996. The number of rotatable bonds is 2. The van der Waals surface area contributed by atoms with Gasteiger partial charge in [-0.15, -0.1) is 11.3 Å². The first-order valence-corrected chi connectivity index (χ1v) is 5.64. The van der Waals surface area contributed by atoms with Gasteiger partial charge in [0.05, 0.1) is 10.4 Å². The number of carbonyl (C=O) groups is 1. The monoisotopic (exact) mass is 284 g/mol. The molecule has 6 heteroatoms. The van der Waals surface area contributed by atoms with Crippen molar-refractivity contribution in [2.75, 3.05) is 0 Å². The molecule has 2 rings (SSSR count). The summed E-state index contributed by atoms with van der Waals surface area (Å²) in [6, 6.07) is 1.89. The summed E-state index contributed by atoms with van der Waals surface area (Å²) in [6.07, 6.45) is 2.61. The predicted molar refractivity (Wildman–Crippen MR) is 60.0 cm³/mol. The second kappa shape index (κ2) is 4.08. The maximum atomic E-state index is 10.6. The summed E-state index contributed by atoms with van der Waals surface area (Å²) in [7, 11) is 0. The number of aromatic nitrogens is 2. The van der Waals surface area contributed by atoms with Crippen LogP contribution in [-0.2, 0) is 0 Å². The van der Waals surface area contributed by atoms with Crippen LogP contribution in [-0.4, -0.2) is 21.0 Å². The number of nitrogens with zero attached hydrogens (tertiary/aromatic N) is 2. The Morgan fingerprint density at radius 3 is 2.53 bits per heavy atom. The molecule has 0 aromatic carbocycles. The normalized spacial score (nSPS) is 10.2. The van der Waals surface area contributed by atoms with Crippen LogP contribution in [0.2, 0.25) is 0 Å². The Kier molecular flexibility index (Phi) is 2.79. The summed E-state index contributed by atoms with van der Waals surface area (Å²) >= 11 is 4.83. The quantitative estimate of drug-likeness (QED) is 0.921. The number of carboxylic acid groups (broad SMARTS) is 1. The number of halogens is 1. The van der Waals surface area contributed by atoms with Crippen molar-refractivity contribution in [3.8, 4) is 10.7 Å². The van der Waals surface area contributed by atoms with Crippen molar-refractivity contribution < 1.29 is 9.90 Å². The molecule has 2 aromatic heterocycles. The van der Waals surface area contributed by atoms with Crippen molar-refractivity contribution in [2.24, 2.45) is 0 Å². The van der Waals surface area contributed by atoms with Crippen LogP contribution in [0.15, 0.2) is 28.3 Å². The molecule has 0 aliphatic heterocycles. The first kappa shape index (κ1) is 10.3. The average molecular weight is 285 g/mol. The van der Waals surface area contributed by atoms with Crippen LogP contribution in [0.4, 0.5) is 0 Å². The van der Waals surface area contributed by atoms with Gasteiger partial charge >= 0.3 is 5.97 Å². The number of aromatic carboxylic acids is 1. The van der Waals surface area contributed by atoms with Crippen molar-refractivity contribution in [1.82, 2.24) is 9.97 Å². The molecule has 0 amide bonds. The third-order valence-corrected chi connectivity index (χ3v) is 3.37. The Morgan fingerprint density at radius 2 is 2.07 bits per heavy atom. The van der Waals surface area contributed by atoms with Gasteiger partial charge in [0.2, 0.25) is 0 Å². The standard InChI is InChI=1S/C9H5BrN2O2S/c10-6-1-7(15-4-6)8-11-2-5(3-12-8)9(13)14/h1-4H,(H,13,14). The Morgan fingerprint density at radius 1 is 1.40 bits per heavy atom. The van der Waals surface area contributed by atoms with Crippen molar-refractivity contribution in [3.05, 3.63) is 33.9 Å². The third-order valence-electron chi connectivity index (χ3n) is 1.69. The van der Waals surface area contributed by atoms with Crippen LogP contribution < -0.4 is 0 Å². The van der Waals surface area contributed by atoms with Gasteiger partial charge in [-0.05, 0) is 22.0 Å². The number of hydrogen-bond acceptors (Lipinski definition) is 4. The molecule has 0 saturated heterocycles. The van der Waals surface area contributed by atoms with Gasteiger partial charge in [-0.1, -0.05) is 0 Å². The van der Waals surface area contributed by atoms with Gasteiger partial charge in [0.25, 0.3) is 0 Å². The summed E-state index contributed by atoms with van der Waals surface area (Å²) < 4.78 is 0.966. The molecule has 0 unspecified atom stereocenters. The minimum Gasteiger partial charge on any atom is -0.478 e. The fraction of sp³-hybridized carbons (Fsp3) is 0. The lowest BCUT2D eigenvalue weighted by Crippen LogP contribution is -1.98. The highest BCUT2D eigenvalue weighted by molar-refractivity contribution is 9.10. The summed E-state index contributed by atoms with van der Waals surface area (Å²) in [5, 5.41) is 10.6. The maximum Gasteiger partial charge on any atom is 0.338 e. The van der Waals surface area contributed by atoms with Crippen molar-refractivity contribution >= 4 is 33.2 Å². The minimum absolute atomic E-state index is 0.0920. The van der Waals surface area contributed by atoms with Crippen LogP contribution in [0.1, 0.15) is 10.4 Å². The van der Waals surface area contributed by atoms with Crippen molar-refractivity contribution in [2.45, 2.75) is 0 Å². The highest BCUT2D eigenvalue weighted by atomic mass is 79.9. The first-order chi connectivity index (χ1) is 7.16. The van der Waals surface area contributed by atoms with E-state index < -0.39 is 5.97 Å². The van der Waals surface area contributed by atoms with E-state index >= 15 is 0 Å². The van der Waals surface area contributed by atoms with Crippen molar-refractivity contribution in [1.29, 1.82) is 0 Å². The molecular formula is C9H5BrN2O2S. The summed E-state index contributed by atoms with van der Waals surface area (Å²) in [6.45, 7) is 0. The highest BCUT2D eigenvalue weighted by Gasteiger charge is 2.07. The molecule has 0 atom stereocenters. The Labute approximate surface area is 97.8 Å². The molecule has 1 N–H and O–H groups in total. The molecule has 0 fully saturated rings. The second-order valence-electron chi connectivity index (χ2n) is 2.73. The number of thiophene rings is 1. The minimum atomic E-state index is -1.02. The van der Waals surface area contributed by atoms with E-state index in [1.165, 1.54) is 23.7 Å². The van der Waals surface area contributed by atoms with E-state index in [0.29, 0.717) is 5.82 Å². The SMILES string of the molecule is O=C(O)c1cnc(-c2cc(Br)cs2)nc1. The smallest absolute Gasteiger partial charge is 0.338 e. The molecule has 0 radical (unpaired) electrons. The summed E-state index contributed by atoms with van der Waals surface area (Å²) in [5.41, 5.74) is 0.0920. The Bertz CT molecular complexity index is 495. The zero-order valence-electron chi connectivity index (χ0n) is 7.35. The van der Waals surface area contributed by atoms with Gasteiger partial charge in [0.15, 0.2) is 5.82 Å². The summed E-state index contributed by atoms with van der Waals surface area (Å²) in [4.78, 5) is 19.4. The number of hydrogen-bond donors (Lipinski definition) is 1. The van der Waals surface area contributed by atoms with E-state index in [4.69, 9.17) is 5.11 Å². The van der Waals surface area contributed by atoms with Crippen LogP contribution in [0.5, 0.6) is 0 Å². The van der Waals surface area contributed by atoms with Gasteiger partial charge in [0.1, 0.15) is 0 Å². The average Bonchev–Trinajstić information content (AvgIpc) is 2.65. The van der Waals surface area contributed by atoms with Gasteiger partial charge in [-0.2, -0.15) is 0 Å². The van der Waals surface area contributed by atoms with E-state index in [-0.39, 0.29) is 5.56 Å². The van der Waals surface area contributed by atoms with Gasteiger partial charge in [-0.3, -0.25) is 0 Å². The molecule has 0 spiro atoms. The lowest BCUT2D eigenvalue weighted by Gasteiger charge is -1.95. The molecule has 0 bridgehead atoms. The van der Waals surface area contributed by atoms with Gasteiger partial charge < -0.3 is 5.11 Å². The topological polar surface area (TPSA) is 63.1 Å². The van der Waals surface area contributed by atoms with Crippen LogP contribution >= 0.6 is 27.3 Å². The fourth-order valence-corrected chi connectivity index (χ4v) is 2.37. The molecule has 0 aliphatic rings. The zero-order chi connectivity index (χ0) is 10.8. The molecule has 15 heavy (non-hydrogen) atoms. The second-order valence-corrected chi connectivity index (χ2v) is 4.56. The lowest BCUT2D eigenvalue weighted by atomic mass is 10.3. The van der Waals surface area contributed by atoms with Gasteiger partial charge in [0, 0.05) is 22.2 Å². The molecule has 76 valence electrons. The molecule has 2 aromatic rings.